The van der Waals surface area contributed by atoms with Crippen molar-refractivity contribution in [3.8, 4) is 0 Å². The van der Waals surface area contributed by atoms with E-state index in [2.05, 4.69) is 5.32 Å². The average Bonchev–Trinajstić information content (AvgIpc) is 2.33. The molecule has 0 radical (unpaired) electrons. The highest BCUT2D eigenvalue weighted by Gasteiger charge is 2.14. The van der Waals surface area contributed by atoms with Gasteiger partial charge in [-0.2, -0.15) is 0 Å². The lowest BCUT2D eigenvalue weighted by atomic mass is 10.1. The summed E-state index contributed by atoms with van der Waals surface area (Å²) in [5, 5.41) is 2.65. The predicted molar refractivity (Wildman–Crippen MR) is 58.1 cm³/mol. The van der Waals surface area contributed by atoms with Crippen LogP contribution in [0.4, 0.5) is 18.9 Å². The van der Waals surface area contributed by atoms with Gasteiger partial charge in [0.05, 0.1) is 18.5 Å². The molecule has 0 spiro atoms. The molecule has 17 heavy (non-hydrogen) atoms. The molecule has 92 valence electrons. The number of ether oxygens (including phenoxy) is 1. The molecule has 2 rings (SSSR count). The molecule has 1 unspecified atom stereocenters. The fourth-order valence-electron chi connectivity index (χ4n) is 1.64. The van der Waals surface area contributed by atoms with E-state index < -0.39 is 17.5 Å². The van der Waals surface area contributed by atoms with Gasteiger partial charge in [0.2, 0.25) is 0 Å². The lowest BCUT2D eigenvalue weighted by Crippen LogP contribution is -2.23. The van der Waals surface area contributed by atoms with Gasteiger partial charge in [0, 0.05) is 12.1 Å². The molecule has 1 heterocycles. The van der Waals surface area contributed by atoms with Crippen molar-refractivity contribution in [3.63, 3.8) is 0 Å². The highest BCUT2D eigenvalue weighted by Crippen LogP contribution is 2.20. The van der Waals surface area contributed by atoms with E-state index in [4.69, 9.17) is 4.74 Å². The molecule has 0 bridgehead atoms. The highest BCUT2D eigenvalue weighted by atomic mass is 19.2. The molecular weight excluding hydrogens is 231 g/mol. The fraction of sp³-hybridized carbons (Fsp3) is 0.333. The van der Waals surface area contributed by atoms with Crippen LogP contribution in [0.15, 0.2) is 24.5 Å². The molecule has 1 aliphatic rings. The Morgan fingerprint density at radius 2 is 2.12 bits per heavy atom. The Labute approximate surface area is 97.1 Å². The summed E-state index contributed by atoms with van der Waals surface area (Å²) < 4.78 is 44.3. The summed E-state index contributed by atoms with van der Waals surface area (Å²) in [6.07, 6.45) is 5.04. The minimum atomic E-state index is -1.20. The Morgan fingerprint density at radius 3 is 2.82 bits per heavy atom. The summed E-state index contributed by atoms with van der Waals surface area (Å²) in [7, 11) is 0. The predicted octanol–water partition coefficient (Wildman–Crippen LogP) is 3.21. The van der Waals surface area contributed by atoms with E-state index in [-0.39, 0.29) is 11.8 Å². The first kappa shape index (κ1) is 11.8. The molecule has 1 aromatic rings. The number of benzene rings is 1. The number of halogens is 3. The molecule has 2 nitrogen and oxygen atoms in total. The minimum absolute atomic E-state index is 0.106. The molecule has 1 aromatic carbocycles. The van der Waals surface area contributed by atoms with Crippen LogP contribution in [0.3, 0.4) is 0 Å². The van der Waals surface area contributed by atoms with Gasteiger partial charge >= 0.3 is 0 Å². The van der Waals surface area contributed by atoms with E-state index in [9.17, 15) is 13.2 Å². The van der Waals surface area contributed by atoms with Gasteiger partial charge in [-0.1, -0.05) is 0 Å². The summed E-state index contributed by atoms with van der Waals surface area (Å²) in [5.74, 6) is -3.08. The second kappa shape index (κ2) is 5.12. The van der Waals surface area contributed by atoms with E-state index in [0.29, 0.717) is 12.6 Å². The van der Waals surface area contributed by atoms with Crippen molar-refractivity contribution in [1.82, 2.24) is 0 Å². The number of anilines is 1. The second-order valence-electron chi connectivity index (χ2n) is 3.84. The maximum absolute atomic E-state index is 13.3. The number of hydrogen-bond donors (Lipinski definition) is 1. The molecule has 0 amide bonds. The van der Waals surface area contributed by atoms with Crippen molar-refractivity contribution in [3.05, 3.63) is 41.9 Å². The third-order valence-corrected chi connectivity index (χ3v) is 2.54. The van der Waals surface area contributed by atoms with Crippen LogP contribution < -0.4 is 5.32 Å². The molecule has 1 aliphatic heterocycles. The Balaban J connectivity index is 2.01. The van der Waals surface area contributed by atoms with Crippen LogP contribution >= 0.6 is 0 Å². The third-order valence-electron chi connectivity index (χ3n) is 2.54. The summed E-state index contributed by atoms with van der Waals surface area (Å²) in [5.41, 5.74) is -0.180. The average molecular weight is 243 g/mol. The topological polar surface area (TPSA) is 21.3 Å². The summed E-state index contributed by atoms with van der Waals surface area (Å²) in [6, 6.07) is 1.44. The van der Waals surface area contributed by atoms with Gasteiger partial charge in [-0.05, 0) is 18.9 Å². The molecule has 0 aliphatic carbocycles. The van der Waals surface area contributed by atoms with Gasteiger partial charge in [-0.15, -0.1) is 0 Å². The van der Waals surface area contributed by atoms with Crippen LogP contribution in [0.2, 0.25) is 0 Å². The zero-order chi connectivity index (χ0) is 12.3. The molecule has 1 atom stereocenters. The second-order valence-corrected chi connectivity index (χ2v) is 3.84. The first-order chi connectivity index (χ1) is 8.16. The van der Waals surface area contributed by atoms with E-state index >= 15 is 0 Å². The van der Waals surface area contributed by atoms with Crippen molar-refractivity contribution in [2.75, 3.05) is 11.9 Å². The van der Waals surface area contributed by atoms with Gasteiger partial charge in [0.25, 0.3) is 0 Å². The Morgan fingerprint density at radius 1 is 1.29 bits per heavy atom. The zero-order valence-electron chi connectivity index (χ0n) is 9.05. The first-order valence-corrected chi connectivity index (χ1v) is 5.35. The van der Waals surface area contributed by atoms with Crippen LogP contribution in [0.1, 0.15) is 12.8 Å². The van der Waals surface area contributed by atoms with Crippen LogP contribution in [0.25, 0.3) is 0 Å². The first-order valence-electron chi connectivity index (χ1n) is 5.35. The van der Waals surface area contributed by atoms with Gasteiger partial charge in [-0.3, -0.25) is 0 Å². The van der Waals surface area contributed by atoms with Crippen molar-refractivity contribution in [2.45, 2.75) is 18.9 Å². The molecule has 0 saturated heterocycles. The fourth-order valence-corrected chi connectivity index (χ4v) is 1.64. The third kappa shape index (κ3) is 2.93. The van der Waals surface area contributed by atoms with Crippen molar-refractivity contribution < 1.29 is 17.9 Å². The van der Waals surface area contributed by atoms with E-state index in [0.717, 1.165) is 18.9 Å². The largest absolute Gasteiger partial charge is 0.497 e. The molecule has 1 N–H and O–H groups in total. The van der Waals surface area contributed by atoms with Gasteiger partial charge in [0.1, 0.15) is 11.9 Å². The maximum Gasteiger partial charge on any atom is 0.182 e. The smallest absolute Gasteiger partial charge is 0.182 e. The van der Waals surface area contributed by atoms with Gasteiger partial charge in [0.15, 0.2) is 11.6 Å². The monoisotopic (exact) mass is 243 g/mol. The molecule has 0 aromatic heterocycles. The van der Waals surface area contributed by atoms with Crippen molar-refractivity contribution >= 4 is 5.69 Å². The van der Waals surface area contributed by atoms with Gasteiger partial charge < -0.3 is 10.1 Å². The number of allylic oxidation sites excluding steroid dienone is 1. The van der Waals surface area contributed by atoms with Crippen LogP contribution in [0, 0.1) is 17.5 Å². The Kier molecular flexibility index (Phi) is 3.56. The Bertz CT molecular complexity index is 434. The number of rotatable bonds is 3. The van der Waals surface area contributed by atoms with Crippen LogP contribution in [0.5, 0.6) is 0 Å². The quantitative estimate of drug-likeness (QED) is 0.823. The zero-order valence-corrected chi connectivity index (χ0v) is 9.05. The van der Waals surface area contributed by atoms with E-state index in [1.807, 2.05) is 6.08 Å². The molecular formula is C12H12F3NO. The molecule has 0 saturated carbocycles. The van der Waals surface area contributed by atoms with Crippen LogP contribution in [-0.4, -0.2) is 12.6 Å². The number of hydrogen-bond acceptors (Lipinski definition) is 2. The molecule has 5 heteroatoms. The summed E-state index contributed by atoms with van der Waals surface area (Å²) in [6.45, 7) is 0.310. The lowest BCUT2D eigenvalue weighted by Gasteiger charge is -2.20. The normalized spacial score (nSPS) is 18.9. The number of nitrogens with one attached hydrogen (secondary N) is 1. The summed E-state index contributed by atoms with van der Waals surface area (Å²) >= 11 is 0. The highest BCUT2D eigenvalue weighted by molar-refractivity contribution is 5.45. The summed E-state index contributed by atoms with van der Waals surface area (Å²) in [4.78, 5) is 0. The standard InChI is InChI=1S/C12H12F3NO/c13-8-5-10(14)12(15)11(6-8)16-7-9-3-1-2-4-17-9/h2,4-6,9,16H,1,3,7H2. The van der Waals surface area contributed by atoms with Crippen molar-refractivity contribution in [2.24, 2.45) is 0 Å². The maximum atomic E-state index is 13.3. The lowest BCUT2D eigenvalue weighted by molar-refractivity contribution is 0.135. The van der Waals surface area contributed by atoms with Gasteiger partial charge in [-0.25, -0.2) is 13.2 Å². The SMILES string of the molecule is Fc1cc(F)c(F)c(NCC2CCC=CO2)c1. The van der Waals surface area contributed by atoms with Crippen LogP contribution in [-0.2, 0) is 4.74 Å². The van der Waals surface area contributed by atoms with E-state index in [1.165, 1.54) is 0 Å². The minimum Gasteiger partial charge on any atom is -0.497 e. The van der Waals surface area contributed by atoms with Crippen molar-refractivity contribution in [1.29, 1.82) is 0 Å². The van der Waals surface area contributed by atoms with E-state index in [1.54, 1.807) is 6.26 Å². The molecule has 0 fully saturated rings. The Hall–Kier alpha value is -1.65.